The number of para-hydroxylation sites is 1. The Bertz CT molecular complexity index is 1180. The van der Waals surface area contributed by atoms with Crippen LogP contribution in [0, 0.1) is 0 Å². The molecular weight excluding hydrogens is 384 g/mol. The summed E-state index contributed by atoms with van der Waals surface area (Å²) in [6, 6.07) is 19.3. The molecule has 0 radical (unpaired) electrons. The zero-order valence-corrected chi connectivity index (χ0v) is 16.2. The Morgan fingerprint density at radius 2 is 1.76 bits per heavy atom. The zero-order valence-electron chi connectivity index (χ0n) is 15.4. The van der Waals surface area contributed by atoms with Gasteiger partial charge in [0.1, 0.15) is 24.0 Å². The lowest BCUT2D eigenvalue weighted by atomic mass is 9.97. The minimum atomic E-state index is -0.306. The molecule has 6 heteroatoms. The lowest BCUT2D eigenvalue weighted by molar-refractivity contribution is -0.133. The third-order valence-corrected chi connectivity index (χ3v) is 5.74. The monoisotopic (exact) mass is 400 g/mol. The number of rotatable bonds is 5. The van der Waals surface area contributed by atoms with Gasteiger partial charge in [-0.2, -0.15) is 0 Å². The molecule has 0 aliphatic carbocycles. The van der Waals surface area contributed by atoms with Crippen molar-refractivity contribution < 1.29 is 14.3 Å². The topological polar surface area (TPSA) is 61.3 Å². The molecule has 29 heavy (non-hydrogen) atoms. The molecule has 142 valence electrons. The van der Waals surface area contributed by atoms with Gasteiger partial charge < -0.3 is 9.47 Å². The fraction of sp³-hybridized carbons (Fsp3) is 0.0870. The van der Waals surface area contributed by atoms with Gasteiger partial charge >= 0.3 is 5.97 Å². The second-order valence-electron chi connectivity index (χ2n) is 6.55. The zero-order chi connectivity index (χ0) is 19.6. The predicted octanol–water partition coefficient (Wildman–Crippen LogP) is 4.74. The van der Waals surface area contributed by atoms with E-state index in [1.54, 1.807) is 23.7 Å². The van der Waals surface area contributed by atoms with E-state index in [0.29, 0.717) is 12.2 Å². The smallest absolute Gasteiger partial charge is 0.339 e. The predicted molar refractivity (Wildman–Crippen MR) is 112 cm³/mol. The number of thiazole rings is 1. The third-order valence-electron chi connectivity index (χ3n) is 4.73. The molecule has 5 nitrogen and oxygen atoms in total. The second kappa shape index (κ2) is 7.48. The van der Waals surface area contributed by atoms with Crippen LogP contribution in [0.5, 0.6) is 5.75 Å². The normalized spacial score (nSPS) is 13.7. The molecule has 0 fully saturated rings. The number of aromatic nitrogens is 2. The summed E-state index contributed by atoms with van der Waals surface area (Å²) in [7, 11) is 0. The van der Waals surface area contributed by atoms with E-state index in [-0.39, 0.29) is 12.6 Å². The Labute approximate surface area is 171 Å². The number of fused-ring (bicyclic) bond motifs is 1. The third kappa shape index (κ3) is 3.50. The van der Waals surface area contributed by atoms with Crippen molar-refractivity contribution in [1.82, 2.24) is 9.97 Å². The molecule has 0 atom stereocenters. The Morgan fingerprint density at radius 1 is 0.966 bits per heavy atom. The SMILES string of the molecule is O=C1OCC(c2ccncc2)=C1c1ccc(OCc2nc3ccccc3s2)cc1. The first-order valence-electron chi connectivity index (χ1n) is 9.16. The average molecular weight is 400 g/mol. The molecule has 0 amide bonds. The van der Waals surface area contributed by atoms with E-state index in [1.165, 1.54) is 0 Å². The molecule has 0 bridgehead atoms. The highest BCUT2D eigenvalue weighted by molar-refractivity contribution is 7.18. The first-order chi connectivity index (χ1) is 14.3. The molecule has 0 N–H and O–H groups in total. The molecule has 1 aliphatic rings. The van der Waals surface area contributed by atoms with Crippen LogP contribution in [0.2, 0.25) is 0 Å². The van der Waals surface area contributed by atoms with Gasteiger partial charge in [0.05, 0.1) is 15.8 Å². The van der Waals surface area contributed by atoms with Gasteiger partial charge in [0.15, 0.2) is 0 Å². The van der Waals surface area contributed by atoms with Crippen molar-refractivity contribution in [2.45, 2.75) is 6.61 Å². The number of ether oxygens (including phenoxy) is 2. The molecule has 3 heterocycles. The highest BCUT2D eigenvalue weighted by atomic mass is 32.1. The van der Waals surface area contributed by atoms with E-state index in [0.717, 1.165) is 37.7 Å². The van der Waals surface area contributed by atoms with Gasteiger partial charge in [-0.15, -0.1) is 11.3 Å². The fourth-order valence-electron chi connectivity index (χ4n) is 3.32. The lowest BCUT2D eigenvalue weighted by Crippen LogP contribution is -1.99. The molecule has 1 aliphatic heterocycles. The van der Waals surface area contributed by atoms with E-state index in [4.69, 9.17) is 9.47 Å². The highest BCUT2D eigenvalue weighted by Crippen LogP contribution is 2.33. The number of esters is 1. The van der Waals surface area contributed by atoms with Crippen molar-refractivity contribution in [2.75, 3.05) is 6.61 Å². The first kappa shape index (κ1) is 17.6. The molecule has 4 aromatic rings. The number of carbonyl (C=O) groups is 1. The molecule has 0 saturated heterocycles. The largest absolute Gasteiger partial charge is 0.486 e. The number of hydrogen-bond acceptors (Lipinski definition) is 6. The van der Waals surface area contributed by atoms with Crippen LogP contribution >= 0.6 is 11.3 Å². The van der Waals surface area contributed by atoms with Crippen LogP contribution in [-0.2, 0) is 16.1 Å². The molecule has 2 aromatic carbocycles. The van der Waals surface area contributed by atoms with Gasteiger partial charge in [0.25, 0.3) is 0 Å². The summed E-state index contributed by atoms with van der Waals surface area (Å²) < 4.78 is 12.3. The lowest BCUT2D eigenvalue weighted by Gasteiger charge is -2.07. The summed E-state index contributed by atoms with van der Waals surface area (Å²) >= 11 is 1.63. The van der Waals surface area contributed by atoms with Crippen molar-refractivity contribution in [3.63, 3.8) is 0 Å². The molecule has 0 saturated carbocycles. The Balaban J connectivity index is 1.36. The van der Waals surface area contributed by atoms with Crippen LogP contribution < -0.4 is 4.74 Å². The van der Waals surface area contributed by atoms with E-state index in [2.05, 4.69) is 16.0 Å². The van der Waals surface area contributed by atoms with Gasteiger partial charge in [-0.25, -0.2) is 9.78 Å². The summed E-state index contributed by atoms with van der Waals surface area (Å²) in [5.74, 6) is 0.422. The van der Waals surface area contributed by atoms with Crippen LogP contribution in [0.4, 0.5) is 0 Å². The van der Waals surface area contributed by atoms with Crippen molar-refractivity contribution in [1.29, 1.82) is 0 Å². The molecule has 5 rings (SSSR count). The first-order valence-corrected chi connectivity index (χ1v) is 9.98. The van der Waals surface area contributed by atoms with Crippen LogP contribution in [0.15, 0.2) is 73.1 Å². The maximum absolute atomic E-state index is 12.3. The van der Waals surface area contributed by atoms with Gasteiger partial charge in [0.2, 0.25) is 0 Å². The standard InChI is InChI=1S/C23H16N2O3S/c26-23-22(18(13-28-23)15-9-11-24-12-10-15)16-5-7-17(8-6-16)27-14-21-25-19-3-1-2-4-20(19)29-21/h1-12H,13-14H2. The van der Waals surface area contributed by atoms with Crippen LogP contribution in [0.25, 0.3) is 21.4 Å². The van der Waals surface area contributed by atoms with E-state index < -0.39 is 0 Å². The minimum Gasteiger partial charge on any atom is -0.486 e. The maximum atomic E-state index is 12.3. The van der Waals surface area contributed by atoms with Crippen LogP contribution in [-0.4, -0.2) is 22.5 Å². The van der Waals surface area contributed by atoms with Crippen molar-refractivity contribution in [3.8, 4) is 5.75 Å². The Morgan fingerprint density at radius 3 is 2.55 bits per heavy atom. The number of cyclic esters (lactones) is 1. The number of benzene rings is 2. The minimum absolute atomic E-state index is 0.272. The number of hydrogen-bond donors (Lipinski definition) is 0. The van der Waals surface area contributed by atoms with Crippen LogP contribution in [0.3, 0.4) is 0 Å². The summed E-state index contributed by atoms with van der Waals surface area (Å²) in [6.07, 6.45) is 3.42. The summed E-state index contributed by atoms with van der Waals surface area (Å²) in [6.45, 7) is 0.680. The van der Waals surface area contributed by atoms with Gasteiger partial charge in [0, 0.05) is 18.0 Å². The van der Waals surface area contributed by atoms with Gasteiger partial charge in [-0.05, 0) is 47.5 Å². The highest BCUT2D eigenvalue weighted by Gasteiger charge is 2.27. The molecule has 0 unspecified atom stereocenters. The fourth-order valence-corrected chi connectivity index (χ4v) is 4.20. The Kier molecular flexibility index (Phi) is 4.54. The average Bonchev–Trinajstić information content (AvgIpc) is 3.36. The van der Waals surface area contributed by atoms with Gasteiger partial charge in [-0.1, -0.05) is 24.3 Å². The summed E-state index contributed by atoms with van der Waals surface area (Å²) in [5.41, 5.74) is 4.21. The molecule has 0 spiro atoms. The van der Waals surface area contributed by atoms with E-state index >= 15 is 0 Å². The van der Waals surface area contributed by atoms with Crippen molar-refractivity contribution in [2.24, 2.45) is 0 Å². The molecular formula is C23H16N2O3S. The van der Waals surface area contributed by atoms with E-state index in [1.807, 2.05) is 54.6 Å². The van der Waals surface area contributed by atoms with Crippen LogP contribution in [0.1, 0.15) is 16.1 Å². The number of nitrogens with zero attached hydrogens (tertiary/aromatic N) is 2. The van der Waals surface area contributed by atoms with Crippen molar-refractivity contribution in [3.05, 3.63) is 89.2 Å². The summed E-state index contributed by atoms with van der Waals surface area (Å²) in [4.78, 5) is 20.9. The van der Waals surface area contributed by atoms with Gasteiger partial charge in [-0.3, -0.25) is 4.98 Å². The maximum Gasteiger partial charge on any atom is 0.339 e. The number of carbonyl (C=O) groups excluding carboxylic acids is 1. The quantitative estimate of drug-likeness (QED) is 0.453. The Hall–Kier alpha value is -3.51. The van der Waals surface area contributed by atoms with E-state index in [9.17, 15) is 4.79 Å². The van der Waals surface area contributed by atoms with Crippen molar-refractivity contribution >= 4 is 38.7 Å². The molecule has 2 aromatic heterocycles. The number of pyridine rings is 1. The second-order valence-corrected chi connectivity index (χ2v) is 7.67. The summed E-state index contributed by atoms with van der Waals surface area (Å²) in [5, 5.41) is 0.928.